The Morgan fingerprint density at radius 2 is 2.00 bits per heavy atom. The van der Waals surface area contributed by atoms with E-state index in [1.807, 2.05) is 19.0 Å². The minimum absolute atomic E-state index is 0.0456. The van der Waals surface area contributed by atoms with Crippen molar-refractivity contribution >= 4 is 22.8 Å². The van der Waals surface area contributed by atoms with E-state index >= 15 is 0 Å². The molecule has 0 spiro atoms. The summed E-state index contributed by atoms with van der Waals surface area (Å²) in [6, 6.07) is 0. The molecule has 4 unspecified atom stereocenters. The summed E-state index contributed by atoms with van der Waals surface area (Å²) in [4.78, 5) is 26.8. The highest BCUT2D eigenvalue weighted by Crippen LogP contribution is 2.28. The quantitative estimate of drug-likeness (QED) is 0.302. The molecule has 1 amide bonds. The first-order valence-electron chi connectivity index (χ1n) is 8.82. The zero-order chi connectivity index (χ0) is 21.3. The van der Waals surface area contributed by atoms with Crippen LogP contribution in [0.3, 0.4) is 0 Å². The highest BCUT2D eigenvalue weighted by Gasteiger charge is 2.44. The number of aliphatic hydroxyl groups excluding tert-OH is 4. The maximum Gasteiger partial charge on any atom is 0.298 e. The second kappa shape index (κ2) is 8.48. The zero-order valence-corrected chi connectivity index (χ0v) is 15.8. The summed E-state index contributed by atoms with van der Waals surface area (Å²) in [5.74, 6) is -0.409. The third kappa shape index (κ3) is 3.98. The maximum atomic E-state index is 12.9. The van der Waals surface area contributed by atoms with E-state index in [-0.39, 0.29) is 29.2 Å². The van der Waals surface area contributed by atoms with Gasteiger partial charge in [0.05, 0.1) is 6.61 Å². The summed E-state index contributed by atoms with van der Waals surface area (Å²) in [6.07, 6.45) is -5.29. The first kappa shape index (κ1) is 21.2. The van der Waals surface area contributed by atoms with Crippen LogP contribution in [0, 0.1) is 0 Å². The van der Waals surface area contributed by atoms with Gasteiger partial charge in [-0.05, 0) is 14.1 Å². The first-order valence-corrected chi connectivity index (χ1v) is 8.82. The Hall–Kier alpha value is -2.49. The minimum Gasteiger partial charge on any atom is -0.394 e. The van der Waals surface area contributed by atoms with Gasteiger partial charge in [-0.2, -0.15) is 4.68 Å². The molecule has 2 aromatic heterocycles. The van der Waals surface area contributed by atoms with Crippen molar-refractivity contribution in [1.82, 2.24) is 29.7 Å². The number of ether oxygens (including phenoxy) is 1. The molecule has 3 heterocycles. The predicted octanol–water partition coefficient (Wildman–Crippen LogP) is -3.56. The van der Waals surface area contributed by atoms with Crippen LogP contribution in [0.1, 0.15) is 12.6 Å². The molecule has 5 N–H and O–H groups in total. The van der Waals surface area contributed by atoms with Crippen molar-refractivity contribution in [2.45, 2.75) is 37.7 Å². The first-order chi connectivity index (χ1) is 13.8. The largest absolute Gasteiger partial charge is 0.394 e. The molecule has 14 heteroatoms. The SMILES string of the molecule is CN(C)CCC(=O)Nc1nn(CO)c2c(=O)n(C3OC(CO)C(O)C3O)nnc12. The second-order valence-corrected chi connectivity index (χ2v) is 6.86. The van der Waals surface area contributed by atoms with Crippen LogP contribution in [0.25, 0.3) is 11.0 Å². The second-order valence-electron chi connectivity index (χ2n) is 6.86. The van der Waals surface area contributed by atoms with Crippen molar-refractivity contribution in [2.75, 3.05) is 32.6 Å². The molecule has 1 aliphatic heterocycles. The lowest BCUT2D eigenvalue weighted by molar-refractivity contribution is -0.116. The van der Waals surface area contributed by atoms with Crippen LogP contribution < -0.4 is 10.9 Å². The molecule has 0 saturated carbocycles. The summed E-state index contributed by atoms with van der Waals surface area (Å²) in [7, 11) is 3.63. The van der Waals surface area contributed by atoms with E-state index in [1.165, 1.54) is 0 Å². The highest BCUT2D eigenvalue weighted by molar-refractivity contribution is 5.97. The van der Waals surface area contributed by atoms with E-state index < -0.39 is 43.4 Å². The van der Waals surface area contributed by atoms with Gasteiger partial charge in [0, 0.05) is 13.0 Å². The van der Waals surface area contributed by atoms with Gasteiger partial charge in [0.15, 0.2) is 23.1 Å². The Labute approximate surface area is 163 Å². The summed E-state index contributed by atoms with van der Waals surface area (Å²) in [6.45, 7) is -0.758. The average molecular weight is 413 g/mol. The number of aromatic nitrogens is 5. The molecular formula is C15H23N7O7. The van der Waals surface area contributed by atoms with Crippen molar-refractivity contribution in [1.29, 1.82) is 0 Å². The molecule has 0 bridgehead atoms. The number of nitrogens with one attached hydrogen (secondary N) is 1. The normalized spacial score (nSPS) is 24.5. The van der Waals surface area contributed by atoms with Crippen LogP contribution in [0.5, 0.6) is 0 Å². The van der Waals surface area contributed by atoms with Gasteiger partial charge in [0.2, 0.25) is 5.91 Å². The van der Waals surface area contributed by atoms with Crippen molar-refractivity contribution in [2.24, 2.45) is 0 Å². The lowest BCUT2D eigenvalue weighted by atomic mass is 10.1. The summed E-state index contributed by atoms with van der Waals surface area (Å²) < 4.78 is 6.91. The number of amides is 1. The summed E-state index contributed by atoms with van der Waals surface area (Å²) in [5, 5.41) is 52.8. The third-order valence-corrected chi connectivity index (χ3v) is 4.52. The van der Waals surface area contributed by atoms with Gasteiger partial charge in [-0.25, -0.2) is 4.68 Å². The van der Waals surface area contributed by atoms with E-state index in [2.05, 4.69) is 20.7 Å². The number of nitrogens with zero attached hydrogens (tertiary/aromatic N) is 6. The number of carbonyl (C=O) groups is 1. The molecule has 3 rings (SSSR count). The zero-order valence-electron chi connectivity index (χ0n) is 15.8. The Morgan fingerprint density at radius 1 is 1.28 bits per heavy atom. The van der Waals surface area contributed by atoms with Crippen LogP contribution in [-0.2, 0) is 16.3 Å². The van der Waals surface area contributed by atoms with E-state index in [9.17, 15) is 30.0 Å². The van der Waals surface area contributed by atoms with Crippen LogP contribution in [-0.4, -0.2) is 102 Å². The predicted molar refractivity (Wildman–Crippen MR) is 96.6 cm³/mol. The summed E-state index contributed by atoms with van der Waals surface area (Å²) in [5.41, 5.74) is -1.05. The Kier molecular flexibility index (Phi) is 6.21. The lowest BCUT2D eigenvalue weighted by Gasteiger charge is -2.15. The molecule has 1 saturated heterocycles. The Balaban J connectivity index is 1.96. The van der Waals surface area contributed by atoms with E-state index in [0.29, 0.717) is 11.2 Å². The number of aliphatic hydroxyl groups is 4. The van der Waals surface area contributed by atoms with Crippen molar-refractivity contribution in [3.05, 3.63) is 10.4 Å². The molecule has 0 aromatic carbocycles. The number of fused-ring (bicyclic) bond motifs is 1. The molecule has 14 nitrogen and oxygen atoms in total. The summed E-state index contributed by atoms with van der Waals surface area (Å²) >= 11 is 0. The van der Waals surface area contributed by atoms with Gasteiger partial charge in [0.1, 0.15) is 25.0 Å². The number of anilines is 1. The molecule has 0 aliphatic carbocycles. The van der Waals surface area contributed by atoms with E-state index in [1.54, 1.807) is 0 Å². The number of hydrogen-bond donors (Lipinski definition) is 5. The van der Waals surface area contributed by atoms with E-state index in [0.717, 1.165) is 4.68 Å². The Bertz CT molecular complexity index is 943. The Morgan fingerprint density at radius 3 is 2.59 bits per heavy atom. The van der Waals surface area contributed by atoms with Gasteiger partial charge in [-0.15, -0.1) is 10.2 Å². The van der Waals surface area contributed by atoms with Crippen LogP contribution in [0.2, 0.25) is 0 Å². The molecule has 160 valence electrons. The molecule has 1 aliphatic rings. The molecular weight excluding hydrogens is 390 g/mol. The maximum absolute atomic E-state index is 12.9. The minimum atomic E-state index is -1.53. The number of rotatable bonds is 7. The number of hydrogen-bond acceptors (Lipinski definition) is 11. The van der Waals surface area contributed by atoms with Crippen molar-refractivity contribution < 1.29 is 30.0 Å². The molecule has 0 radical (unpaired) electrons. The topological polar surface area (TPSA) is 188 Å². The average Bonchev–Trinajstić information content (AvgIpc) is 3.19. The third-order valence-electron chi connectivity index (χ3n) is 4.52. The van der Waals surface area contributed by atoms with Crippen LogP contribution in [0.4, 0.5) is 5.82 Å². The molecule has 2 aromatic rings. The van der Waals surface area contributed by atoms with Crippen LogP contribution in [0.15, 0.2) is 4.79 Å². The highest BCUT2D eigenvalue weighted by atomic mass is 16.6. The van der Waals surface area contributed by atoms with Crippen LogP contribution >= 0.6 is 0 Å². The monoisotopic (exact) mass is 413 g/mol. The number of carbonyl (C=O) groups excluding carboxylic acids is 1. The smallest absolute Gasteiger partial charge is 0.298 e. The molecule has 29 heavy (non-hydrogen) atoms. The van der Waals surface area contributed by atoms with E-state index in [4.69, 9.17) is 4.74 Å². The van der Waals surface area contributed by atoms with Gasteiger partial charge in [-0.1, -0.05) is 5.21 Å². The lowest BCUT2D eigenvalue weighted by Crippen LogP contribution is -2.37. The van der Waals surface area contributed by atoms with Gasteiger partial charge in [-0.3, -0.25) is 9.59 Å². The standard InChI is InChI=1S/C15H23N7O7/c1-20(2)4-3-8(25)16-13-9-10(21(6-24)18-13)14(28)22(19-17-9)15-12(27)11(26)7(5-23)29-15/h7,11-12,15,23-24,26-27H,3-6H2,1-2H3,(H,16,18,25). The fraction of sp³-hybridized carbons (Fsp3) is 0.667. The van der Waals surface area contributed by atoms with Gasteiger partial charge >= 0.3 is 0 Å². The van der Waals surface area contributed by atoms with Crippen molar-refractivity contribution in [3.8, 4) is 0 Å². The van der Waals surface area contributed by atoms with Crippen molar-refractivity contribution in [3.63, 3.8) is 0 Å². The van der Waals surface area contributed by atoms with Gasteiger partial charge < -0.3 is 35.4 Å². The molecule has 4 atom stereocenters. The fourth-order valence-corrected chi connectivity index (χ4v) is 2.96. The molecule has 1 fully saturated rings. The van der Waals surface area contributed by atoms with Gasteiger partial charge in [0.25, 0.3) is 5.56 Å². The fourth-order valence-electron chi connectivity index (χ4n) is 2.96.